The van der Waals surface area contributed by atoms with E-state index in [1.165, 1.54) is 5.69 Å². The molecule has 3 atom stereocenters. The molecule has 0 saturated carbocycles. The third kappa shape index (κ3) is 4.75. The van der Waals surface area contributed by atoms with Crippen LogP contribution < -0.4 is 15.5 Å². The lowest BCUT2D eigenvalue weighted by Gasteiger charge is -2.21. The summed E-state index contributed by atoms with van der Waals surface area (Å²) in [6, 6.07) is 10.6. The van der Waals surface area contributed by atoms with Crippen LogP contribution in [0.3, 0.4) is 0 Å². The van der Waals surface area contributed by atoms with Crippen molar-refractivity contribution in [3.8, 4) is 0 Å². The van der Waals surface area contributed by atoms with Crippen LogP contribution in [0.4, 0.5) is 5.69 Å². The number of rotatable bonds is 4. The normalized spacial score (nSPS) is 24.2. The smallest absolute Gasteiger partial charge is 0.225 e. The van der Waals surface area contributed by atoms with Crippen LogP contribution in [-0.2, 0) is 11.8 Å². The van der Waals surface area contributed by atoms with Crippen LogP contribution in [0.5, 0.6) is 0 Å². The molecule has 2 saturated heterocycles. The number of amides is 1. The number of nitrogens with one attached hydrogen (secondary N) is 2. The second-order valence-corrected chi connectivity index (χ2v) is 7.09. The first-order valence-corrected chi connectivity index (χ1v) is 9.00. The number of hydrogen-bond acceptors (Lipinski definition) is 4. The molecule has 0 aliphatic carbocycles. The Morgan fingerprint density at radius 2 is 2.00 bits per heavy atom. The predicted octanol–water partition coefficient (Wildman–Crippen LogP) is 1.96. The van der Waals surface area contributed by atoms with Crippen LogP contribution in [0.15, 0.2) is 42.7 Å². The van der Waals surface area contributed by atoms with Gasteiger partial charge in [-0.05, 0) is 24.1 Å². The molecule has 1 unspecified atom stereocenters. The van der Waals surface area contributed by atoms with Gasteiger partial charge >= 0.3 is 0 Å². The van der Waals surface area contributed by atoms with E-state index < -0.39 is 0 Å². The maximum Gasteiger partial charge on any atom is 0.225 e. The van der Waals surface area contributed by atoms with Crippen molar-refractivity contribution in [2.75, 3.05) is 31.1 Å². The minimum atomic E-state index is -0.0185. The number of aromatic nitrogens is 2. The van der Waals surface area contributed by atoms with E-state index in [1.54, 1.807) is 4.68 Å². The maximum absolute atomic E-state index is 12.8. The van der Waals surface area contributed by atoms with Crippen LogP contribution in [-0.4, -0.2) is 47.9 Å². The molecule has 2 aliphatic rings. The second-order valence-electron chi connectivity index (χ2n) is 7.09. The Morgan fingerprint density at radius 3 is 2.70 bits per heavy atom. The highest BCUT2D eigenvalue weighted by Crippen LogP contribution is 2.28. The van der Waals surface area contributed by atoms with Gasteiger partial charge in [-0.2, -0.15) is 5.10 Å². The molecule has 148 valence electrons. The van der Waals surface area contributed by atoms with E-state index in [0.717, 1.165) is 38.2 Å². The highest BCUT2D eigenvalue weighted by atomic mass is 35.5. The molecule has 6 nitrogen and oxygen atoms in total. The van der Waals surface area contributed by atoms with Gasteiger partial charge in [0.15, 0.2) is 0 Å². The topological polar surface area (TPSA) is 62.2 Å². The van der Waals surface area contributed by atoms with Gasteiger partial charge in [0.25, 0.3) is 0 Å². The molecule has 3 heterocycles. The zero-order valence-electron chi connectivity index (χ0n) is 15.4. The molecule has 1 amide bonds. The Balaban J connectivity index is 0.00000131. The number of aryl methyl sites for hydroxylation is 1. The monoisotopic (exact) mass is 411 g/mol. The number of nitrogens with zero attached hydrogens (tertiary/aromatic N) is 3. The third-order valence-electron chi connectivity index (χ3n) is 5.36. The molecule has 2 aromatic rings. The fourth-order valence-electron chi connectivity index (χ4n) is 4.00. The van der Waals surface area contributed by atoms with Crippen molar-refractivity contribution in [1.29, 1.82) is 0 Å². The van der Waals surface area contributed by atoms with Gasteiger partial charge < -0.3 is 15.5 Å². The average Bonchev–Trinajstić information content (AvgIpc) is 3.35. The van der Waals surface area contributed by atoms with E-state index in [4.69, 9.17) is 0 Å². The van der Waals surface area contributed by atoms with Crippen LogP contribution in [0.2, 0.25) is 0 Å². The fraction of sp³-hybridized carbons (Fsp3) is 0.474. The van der Waals surface area contributed by atoms with Gasteiger partial charge in [0.05, 0.1) is 12.1 Å². The largest absolute Gasteiger partial charge is 0.369 e. The molecule has 2 N–H and O–H groups in total. The summed E-state index contributed by atoms with van der Waals surface area (Å²) in [7, 11) is 1.91. The van der Waals surface area contributed by atoms with Gasteiger partial charge in [-0.3, -0.25) is 9.48 Å². The van der Waals surface area contributed by atoms with Crippen LogP contribution in [0.25, 0.3) is 0 Å². The van der Waals surface area contributed by atoms with E-state index in [2.05, 4.69) is 44.9 Å². The van der Waals surface area contributed by atoms with Gasteiger partial charge in [-0.15, -0.1) is 24.8 Å². The first kappa shape index (κ1) is 21.5. The molecule has 2 fully saturated rings. The molecule has 0 spiro atoms. The van der Waals surface area contributed by atoms with E-state index in [0.29, 0.717) is 0 Å². The van der Waals surface area contributed by atoms with Gasteiger partial charge in [-0.25, -0.2) is 0 Å². The lowest BCUT2D eigenvalue weighted by Crippen LogP contribution is -2.42. The molecule has 1 aromatic heterocycles. The number of carbonyl (C=O) groups is 1. The highest BCUT2D eigenvalue weighted by Gasteiger charge is 2.36. The summed E-state index contributed by atoms with van der Waals surface area (Å²) in [5.74, 6) is 0.356. The SMILES string of the molecule is Cl.Cl.Cn1cc([C@H]2CNC[C@@H]2C(=O)NC2CCN(c3ccccc3)C2)cn1. The summed E-state index contributed by atoms with van der Waals surface area (Å²) in [5, 5.41) is 10.9. The number of benzene rings is 1. The van der Waals surface area contributed by atoms with Crippen molar-refractivity contribution in [2.45, 2.75) is 18.4 Å². The lowest BCUT2D eigenvalue weighted by atomic mass is 9.90. The van der Waals surface area contributed by atoms with E-state index in [-0.39, 0.29) is 48.6 Å². The number of para-hydroxylation sites is 1. The Labute approximate surface area is 172 Å². The number of anilines is 1. The van der Waals surface area contributed by atoms with Crippen molar-refractivity contribution in [3.05, 3.63) is 48.3 Å². The van der Waals surface area contributed by atoms with Crippen LogP contribution in [0, 0.1) is 5.92 Å². The second kappa shape index (κ2) is 9.44. The molecule has 1 aromatic carbocycles. The summed E-state index contributed by atoms with van der Waals surface area (Å²) >= 11 is 0. The standard InChI is InChI=1S/C19H25N5O.2ClH/c1-23-12-14(9-21-23)17-10-20-11-18(17)19(25)22-15-7-8-24(13-15)16-5-3-2-4-6-16;;/h2-6,9,12,15,17-18,20H,7-8,10-11,13H2,1H3,(H,22,25);2*1H/t15?,17-,18+;;/m1../s1. The lowest BCUT2D eigenvalue weighted by molar-refractivity contribution is -0.125. The Kier molecular flexibility index (Phi) is 7.53. The summed E-state index contributed by atoms with van der Waals surface area (Å²) < 4.78 is 1.80. The van der Waals surface area contributed by atoms with Crippen molar-refractivity contribution in [3.63, 3.8) is 0 Å². The van der Waals surface area contributed by atoms with Gasteiger partial charge in [-0.1, -0.05) is 18.2 Å². The number of halogens is 2. The summed E-state index contributed by atoms with van der Waals surface area (Å²) in [4.78, 5) is 15.2. The van der Waals surface area contributed by atoms with Gasteiger partial charge in [0, 0.05) is 57.1 Å². The van der Waals surface area contributed by atoms with E-state index >= 15 is 0 Å². The van der Waals surface area contributed by atoms with Gasteiger partial charge in [0.1, 0.15) is 0 Å². The van der Waals surface area contributed by atoms with Crippen LogP contribution >= 0.6 is 24.8 Å². The first-order valence-electron chi connectivity index (χ1n) is 9.00. The van der Waals surface area contributed by atoms with Crippen LogP contribution in [0.1, 0.15) is 17.9 Å². The molecule has 2 aliphatic heterocycles. The molecule has 8 heteroatoms. The Hall–Kier alpha value is -1.76. The Morgan fingerprint density at radius 1 is 1.22 bits per heavy atom. The summed E-state index contributed by atoms with van der Waals surface area (Å²) in [6.45, 7) is 3.45. The summed E-state index contributed by atoms with van der Waals surface area (Å²) in [6.07, 6.45) is 4.90. The maximum atomic E-state index is 12.8. The van der Waals surface area contributed by atoms with Crippen molar-refractivity contribution >= 4 is 36.4 Å². The average molecular weight is 412 g/mol. The molecule has 27 heavy (non-hydrogen) atoms. The third-order valence-corrected chi connectivity index (χ3v) is 5.36. The Bertz CT molecular complexity index is 739. The predicted molar refractivity (Wildman–Crippen MR) is 112 cm³/mol. The fourth-order valence-corrected chi connectivity index (χ4v) is 4.00. The molecular weight excluding hydrogens is 385 g/mol. The van der Waals surface area contributed by atoms with Crippen molar-refractivity contribution in [1.82, 2.24) is 20.4 Å². The summed E-state index contributed by atoms with van der Waals surface area (Å²) in [5.41, 5.74) is 2.38. The molecule has 4 rings (SSSR count). The molecule has 0 bridgehead atoms. The van der Waals surface area contributed by atoms with E-state index in [9.17, 15) is 4.79 Å². The number of hydrogen-bond donors (Lipinski definition) is 2. The van der Waals surface area contributed by atoms with Crippen molar-refractivity contribution < 1.29 is 4.79 Å². The minimum absolute atomic E-state index is 0. The number of carbonyl (C=O) groups excluding carboxylic acids is 1. The minimum Gasteiger partial charge on any atom is -0.369 e. The van der Waals surface area contributed by atoms with E-state index in [1.807, 2.05) is 25.5 Å². The molecular formula is C19H27Cl2N5O. The quantitative estimate of drug-likeness (QED) is 0.806. The van der Waals surface area contributed by atoms with Crippen molar-refractivity contribution in [2.24, 2.45) is 13.0 Å². The highest BCUT2D eigenvalue weighted by molar-refractivity contribution is 5.85. The van der Waals surface area contributed by atoms with Gasteiger partial charge in [0.2, 0.25) is 5.91 Å². The zero-order valence-corrected chi connectivity index (χ0v) is 17.0. The first-order chi connectivity index (χ1) is 12.2. The molecule has 0 radical (unpaired) electrons. The zero-order chi connectivity index (χ0) is 17.2.